The monoisotopic (exact) mass is 409 g/mol. The van der Waals surface area contributed by atoms with E-state index in [-0.39, 0.29) is 12.6 Å². The summed E-state index contributed by atoms with van der Waals surface area (Å²) in [4.78, 5) is 36.2. The average molecular weight is 409 g/mol. The first kappa shape index (κ1) is 22.4. The van der Waals surface area contributed by atoms with Crippen LogP contribution in [0.5, 0.6) is 5.75 Å². The third kappa shape index (κ3) is 6.95. The predicted octanol–water partition coefficient (Wildman–Crippen LogP) is 2.65. The van der Waals surface area contributed by atoms with Gasteiger partial charge in [0.05, 0.1) is 17.7 Å². The van der Waals surface area contributed by atoms with Crippen LogP contribution in [-0.4, -0.2) is 36.5 Å². The van der Waals surface area contributed by atoms with E-state index in [1.807, 2.05) is 19.9 Å². The molecule has 8 heteroatoms. The van der Waals surface area contributed by atoms with Gasteiger partial charge in [0, 0.05) is 11.3 Å². The molecule has 0 heterocycles. The molecule has 0 aliphatic heterocycles. The van der Waals surface area contributed by atoms with Gasteiger partial charge in [-0.15, -0.1) is 0 Å². The van der Waals surface area contributed by atoms with Crippen molar-refractivity contribution in [3.05, 3.63) is 59.7 Å². The van der Waals surface area contributed by atoms with Crippen molar-refractivity contribution in [3.63, 3.8) is 0 Å². The Labute approximate surface area is 174 Å². The third-order valence-corrected chi connectivity index (χ3v) is 3.82. The summed E-state index contributed by atoms with van der Waals surface area (Å²) < 4.78 is 10.5. The van der Waals surface area contributed by atoms with Crippen molar-refractivity contribution in [2.75, 3.05) is 11.9 Å². The van der Waals surface area contributed by atoms with Gasteiger partial charge in [-0.2, -0.15) is 5.26 Å². The minimum absolute atomic E-state index is 0.0222. The molecule has 1 unspecified atom stereocenters. The minimum atomic E-state index is -1.08. The molecule has 0 aromatic heterocycles. The molecule has 156 valence electrons. The standard InChI is InChI=1S/C22H23N3O5/c1-14(2)29-19-9-7-17(8-10-19)22(28)24-13-20(26)30-15(3)21(27)25-18-6-4-5-16(11-18)12-23/h4-11,14-15H,13H2,1-3H3,(H,24,28)(H,25,27). The Morgan fingerprint density at radius 1 is 1.07 bits per heavy atom. The van der Waals surface area contributed by atoms with E-state index in [1.54, 1.807) is 42.5 Å². The molecular weight excluding hydrogens is 386 g/mol. The Balaban J connectivity index is 1.80. The molecule has 2 aromatic carbocycles. The molecule has 2 aromatic rings. The second-order valence-electron chi connectivity index (χ2n) is 6.69. The molecule has 30 heavy (non-hydrogen) atoms. The van der Waals surface area contributed by atoms with Crippen LogP contribution < -0.4 is 15.4 Å². The smallest absolute Gasteiger partial charge is 0.326 e. The number of hydrogen-bond acceptors (Lipinski definition) is 6. The van der Waals surface area contributed by atoms with Crippen molar-refractivity contribution >= 4 is 23.5 Å². The van der Waals surface area contributed by atoms with Gasteiger partial charge in [-0.1, -0.05) is 6.07 Å². The fraction of sp³-hybridized carbons (Fsp3) is 0.273. The van der Waals surface area contributed by atoms with E-state index >= 15 is 0 Å². The molecule has 2 rings (SSSR count). The Kier molecular flexibility index (Phi) is 7.94. The van der Waals surface area contributed by atoms with Gasteiger partial charge in [0.15, 0.2) is 6.10 Å². The highest BCUT2D eigenvalue weighted by atomic mass is 16.5. The fourth-order valence-corrected chi connectivity index (χ4v) is 2.41. The molecule has 0 fully saturated rings. The van der Waals surface area contributed by atoms with E-state index < -0.39 is 23.9 Å². The van der Waals surface area contributed by atoms with Gasteiger partial charge in [-0.3, -0.25) is 14.4 Å². The maximum Gasteiger partial charge on any atom is 0.326 e. The summed E-state index contributed by atoms with van der Waals surface area (Å²) in [6, 6.07) is 14.8. The molecule has 8 nitrogen and oxygen atoms in total. The summed E-state index contributed by atoms with van der Waals surface area (Å²) in [7, 11) is 0. The Morgan fingerprint density at radius 3 is 2.40 bits per heavy atom. The normalized spacial score (nSPS) is 11.2. The van der Waals surface area contributed by atoms with Crippen LogP contribution in [0.2, 0.25) is 0 Å². The molecule has 0 saturated carbocycles. The highest BCUT2D eigenvalue weighted by Crippen LogP contribution is 2.14. The Morgan fingerprint density at radius 2 is 1.77 bits per heavy atom. The molecule has 0 aliphatic rings. The largest absolute Gasteiger partial charge is 0.491 e. The van der Waals surface area contributed by atoms with Crippen molar-refractivity contribution in [2.45, 2.75) is 33.0 Å². The number of anilines is 1. The highest BCUT2D eigenvalue weighted by molar-refractivity contribution is 5.97. The van der Waals surface area contributed by atoms with Gasteiger partial charge >= 0.3 is 5.97 Å². The summed E-state index contributed by atoms with van der Waals surface area (Å²) >= 11 is 0. The number of hydrogen-bond donors (Lipinski definition) is 2. The average Bonchev–Trinajstić information content (AvgIpc) is 2.72. The number of nitrogens with one attached hydrogen (secondary N) is 2. The summed E-state index contributed by atoms with van der Waals surface area (Å²) in [5, 5.41) is 13.9. The zero-order valence-electron chi connectivity index (χ0n) is 17.0. The van der Waals surface area contributed by atoms with Gasteiger partial charge in [0.2, 0.25) is 0 Å². The lowest BCUT2D eigenvalue weighted by Gasteiger charge is -2.14. The number of nitriles is 1. The van der Waals surface area contributed by atoms with Crippen LogP contribution in [0.4, 0.5) is 5.69 Å². The van der Waals surface area contributed by atoms with E-state index in [1.165, 1.54) is 13.0 Å². The molecule has 0 saturated heterocycles. The lowest BCUT2D eigenvalue weighted by Crippen LogP contribution is -2.35. The van der Waals surface area contributed by atoms with E-state index in [2.05, 4.69) is 10.6 Å². The minimum Gasteiger partial charge on any atom is -0.491 e. The number of amides is 2. The summed E-state index contributed by atoms with van der Waals surface area (Å²) in [6.45, 7) is 4.83. The summed E-state index contributed by atoms with van der Waals surface area (Å²) in [5.41, 5.74) is 1.17. The lowest BCUT2D eigenvalue weighted by atomic mass is 10.2. The Hall–Kier alpha value is -3.86. The van der Waals surface area contributed by atoms with Gasteiger partial charge < -0.3 is 20.1 Å². The topological polar surface area (TPSA) is 118 Å². The molecule has 2 N–H and O–H groups in total. The SMILES string of the molecule is CC(C)Oc1ccc(C(=O)NCC(=O)OC(C)C(=O)Nc2cccc(C#N)c2)cc1. The van der Waals surface area contributed by atoms with Crippen LogP contribution in [0.25, 0.3) is 0 Å². The van der Waals surface area contributed by atoms with Crippen LogP contribution >= 0.6 is 0 Å². The van der Waals surface area contributed by atoms with Crippen molar-refractivity contribution in [1.29, 1.82) is 5.26 Å². The number of carbonyl (C=O) groups excluding carboxylic acids is 3. The second kappa shape index (κ2) is 10.6. The predicted molar refractivity (Wildman–Crippen MR) is 110 cm³/mol. The van der Waals surface area contributed by atoms with Crippen LogP contribution in [-0.2, 0) is 14.3 Å². The number of esters is 1. The summed E-state index contributed by atoms with van der Waals surface area (Å²) in [5.74, 6) is -1.11. The van der Waals surface area contributed by atoms with Gasteiger partial charge in [0.1, 0.15) is 12.3 Å². The molecule has 1 atom stereocenters. The second-order valence-corrected chi connectivity index (χ2v) is 6.69. The number of carbonyl (C=O) groups is 3. The quantitative estimate of drug-likeness (QED) is 0.647. The Bertz CT molecular complexity index is 948. The van der Waals surface area contributed by atoms with Gasteiger partial charge in [-0.25, -0.2) is 0 Å². The first-order valence-corrected chi connectivity index (χ1v) is 9.34. The van der Waals surface area contributed by atoms with E-state index in [0.717, 1.165) is 0 Å². The maximum absolute atomic E-state index is 12.1. The lowest BCUT2D eigenvalue weighted by molar-refractivity contribution is -0.152. The number of ether oxygens (including phenoxy) is 2. The first-order chi connectivity index (χ1) is 14.3. The van der Waals surface area contributed by atoms with Crippen molar-refractivity contribution in [2.24, 2.45) is 0 Å². The van der Waals surface area contributed by atoms with Crippen molar-refractivity contribution in [1.82, 2.24) is 5.32 Å². The molecule has 0 aliphatic carbocycles. The fourth-order valence-electron chi connectivity index (χ4n) is 2.41. The van der Waals surface area contributed by atoms with Gasteiger partial charge in [-0.05, 0) is 63.2 Å². The van der Waals surface area contributed by atoms with Crippen LogP contribution in [0.3, 0.4) is 0 Å². The van der Waals surface area contributed by atoms with Crippen LogP contribution in [0.15, 0.2) is 48.5 Å². The van der Waals surface area contributed by atoms with Crippen molar-refractivity contribution < 1.29 is 23.9 Å². The molecule has 0 spiro atoms. The maximum atomic E-state index is 12.1. The molecule has 0 bridgehead atoms. The number of benzene rings is 2. The third-order valence-electron chi connectivity index (χ3n) is 3.82. The zero-order valence-corrected chi connectivity index (χ0v) is 17.0. The van der Waals surface area contributed by atoms with E-state index in [9.17, 15) is 14.4 Å². The molecule has 2 amide bonds. The van der Waals surface area contributed by atoms with Gasteiger partial charge in [0.25, 0.3) is 11.8 Å². The van der Waals surface area contributed by atoms with E-state index in [4.69, 9.17) is 14.7 Å². The zero-order chi connectivity index (χ0) is 22.1. The first-order valence-electron chi connectivity index (χ1n) is 9.34. The number of nitrogens with zero attached hydrogens (tertiary/aromatic N) is 1. The van der Waals surface area contributed by atoms with Crippen molar-refractivity contribution in [3.8, 4) is 11.8 Å². The molecular formula is C22H23N3O5. The highest BCUT2D eigenvalue weighted by Gasteiger charge is 2.19. The van der Waals surface area contributed by atoms with Crippen LogP contribution in [0, 0.1) is 11.3 Å². The van der Waals surface area contributed by atoms with E-state index in [0.29, 0.717) is 22.6 Å². The molecule has 0 radical (unpaired) electrons. The summed E-state index contributed by atoms with van der Waals surface area (Å²) in [6.07, 6.45) is -1.05. The number of rotatable bonds is 8. The van der Waals surface area contributed by atoms with Crippen LogP contribution in [0.1, 0.15) is 36.7 Å².